The highest BCUT2D eigenvalue weighted by Crippen LogP contribution is 2.66. The topological polar surface area (TPSA) is 157 Å². The minimum absolute atomic E-state index is 0.112. The highest BCUT2D eigenvalue weighted by molar-refractivity contribution is 7.54. The summed E-state index contributed by atoms with van der Waals surface area (Å²) in [4.78, 5) is 53.1. The largest absolute Gasteiger partial charge is 0.404 e. The van der Waals surface area contributed by atoms with Gasteiger partial charge in [0.05, 0.1) is 18.9 Å². The van der Waals surface area contributed by atoms with E-state index >= 15 is 8.78 Å². The van der Waals surface area contributed by atoms with Crippen LogP contribution in [0.4, 0.5) is 14.5 Å². The first-order valence-electron chi connectivity index (χ1n) is 15.6. The Morgan fingerprint density at radius 2 is 1.74 bits per heavy atom. The van der Waals surface area contributed by atoms with E-state index in [1.807, 2.05) is 18.2 Å². The highest BCUT2D eigenvalue weighted by Gasteiger charge is 2.54. The minimum Gasteiger partial charge on any atom is -0.370 e. The molecule has 0 saturated heterocycles. The van der Waals surface area contributed by atoms with Gasteiger partial charge >= 0.3 is 13.3 Å². The maximum absolute atomic E-state index is 15.1. The maximum Gasteiger partial charge on any atom is 0.404 e. The molecule has 0 aliphatic carbocycles. The quantitative estimate of drug-likeness (QED) is 0.196. The van der Waals surface area contributed by atoms with E-state index in [4.69, 9.17) is 14.8 Å². The summed E-state index contributed by atoms with van der Waals surface area (Å²) in [6, 6.07) is 8.50. The lowest BCUT2D eigenvalue weighted by Gasteiger charge is -2.28. The van der Waals surface area contributed by atoms with Crippen molar-refractivity contribution in [3.63, 3.8) is 0 Å². The number of allylic oxidation sites excluding steroid dienone is 1. The smallest absolute Gasteiger partial charge is 0.370 e. The second-order valence-corrected chi connectivity index (χ2v) is 13.7. The third-order valence-electron chi connectivity index (χ3n) is 8.22. The summed E-state index contributed by atoms with van der Waals surface area (Å²) in [5.74, 6) is -1.83. The first-order valence-corrected chi connectivity index (χ1v) is 17.2. The molecule has 47 heavy (non-hydrogen) atoms. The van der Waals surface area contributed by atoms with E-state index in [-0.39, 0.29) is 31.6 Å². The average Bonchev–Trinajstić information content (AvgIpc) is 3.36. The van der Waals surface area contributed by atoms with E-state index < -0.39 is 48.6 Å². The number of carbonyl (C=O) groups is 4. The van der Waals surface area contributed by atoms with Gasteiger partial charge in [-0.15, -0.1) is 0 Å². The van der Waals surface area contributed by atoms with Gasteiger partial charge in [0.2, 0.25) is 23.6 Å². The van der Waals surface area contributed by atoms with Gasteiger partial charge in [0.1, 0.15) is 12.1 Å². The van der Waals surface area contributed by atoms with Crippen molar-refractivity contribution in [3.8, 4) is 0 Å². The molecule has 0 fully saturated rings. The van der Waals surface area contributed by atoms with E-state index in [1.165, 1.54) is 37.0 Å². The van der Waals surface area contributed by atoms with E-state index in [2.05, 4.69) is 10.6 Å². The van der Waals surface area contributed by atoms with Crippen molar-refractivity contribution in [3.05, 3.63) is 70.8 Å². The Morgan fingerprint density at radius 3 is 2.36 bits per heavy atom. The predicted octanol–water partition coefficient (Wildman–Crippen LogP) is 4.56. The summed E-state index contributed by atoms with van der Waals surface area (Å²) in [6.07, 6.45) is 2.84. The van der Waals surface area contributed by atoms with Crippen molar-refractivity contribution in [1.82, 2.24) is 10.6 Å². The third kappa shape index (κ3) is 7.80. The number of primary amides is 1. The molecule has 0 bridgehead atoms. The SMILES string of the molecule is CCOP(=O)(OCC)C(F)(F)c1ccc(/C(C)=C/C(=O)N[C@H]2CCc3cccc4c3N(C2=O)[C@H](C(=O)N[C@H](C)CCC(N)=O)C4)cc1. The van der Waals surface area contributed by atoms with Crippen molar-refractivity contribution in [2.24, 2.45) is 5.73 Å². The van der Waals surface area contributed by atoms with Crippen LogP contribution in [0, 0.1) is 0 Å². The van der Waals surface area contributed by atoms with E-state index in [0.29, 0.717) is 42.5 Å². The number of aryl methyl sites for hydroxylation is 1. The van der Waals surface area contributed by atoms with E-state index in [1.54, 1.807) is 13.8 Å². The maximum atomic E-state index is 15.1. The molecule has 4 rings (SSSR count). The Hall–Kier alpha value is -3.93. The Bertz CT molecular complexity index is 1590. The molecule has 0 saturated carbocycles. The van der Waals surface area contributed by atoms with Crippen LogP contribution in [0.1, 0.15) is 69.2 Å². The fourth-order valence-corrected chi connectivity index (χ4v) is 7.41. The molecule has 254 valence electrons. The molecule has 2 aromatic carbocycles. The first-order chi connectivity index (χ1) is 22.2. The zero-order valence-electron chi connectivity index (χ0n) is 26.9. The molecule has 4 N–H and O–H groups in total. The Kier molecular flexibility index (Phi) is 11.4. The second kappa shape index (κ2) is 14.9. The van der Waals surface area contributed by atoms with Gasteiger partial charge in [-0.05, 0) is 69.2 Å². The number of para-hydroxylation sites is 1. The molecule has 3 atom stereocenters. The second-order valence-electron chi connectivity index (χ2n) is 11.6. The molecule has 11 nitrogen and oxygen atoms in total. The van der Waals surface area contributed by atoms with Crippen LogP contribution in [0.15, 0.2) is 48.5 Å². The fraction of sp³-hybridized carbons (Fsp3) is 0.455. The normalized spacial score (nSPS) is 18.7. The predicted molar refractivity (Wildman–Crippen MR) is 173 cm³/mol. The van der Waals surface area contributed by atoms with E-state index in [9.17, 15) is 23.7 Å². The molecule has 2 heterocycles. The fourth-order valence-electron chi connectivity index (χ4n) is 5.87. The average molecular weight is 675 g/mol. The number of amides is 4. The van der Waals surface area contributed by atoms with Gasteiger partial charge in [-0.3, -0.25) is 28.6 Å². The summed E-state index contributed by atoms with van der Waals surface area (Å²) in [5.41, 5.74) is 4.11. The summed E-state index contributed by atoms with van der Waals surface area (Å²) >= 11 is 0. The molecule has 14 heteroatoms. The van der Waals surface area contributed by atoms with Crippen LogP contribution >= 0.6 is 7.60 Å². The third-order valence-corrected chi connectivity index (χ3v) is 10.4. The van der Waals surface area contributed by atoms with Gasteiger partial charge in [0.15, 0.2) is 0 Å². The molecule has 4 amide bonds. The zero-order chi connectivity index (χ0) is 34.5. The summed E-state index contributed by atoms with van der Waals surface area (Å²) in [5, 5.41) is 5.65. The van der Waals surface area contributed by atoms with E-state index in [0.717, 1.165) is 23.3 Å². The molecule has 0 radical (unpaired) electrons. The molecule has 0 unspecified atom stereocenters. The summed E-state index contributed by atoms with van der Waals surface area (Å²) in [6.45, 7) is 5.83. The molecule has 2 aromatic rings. The molecule has 2 aliphatic heterocycles. The zero-order valence-corrected chi connectivity index (χ0v) is 27.8. The number of anilines is 1. The van der Waals surface area contributed by atoms with Gasteiger partial charge < -0.3 is 25.4 Å². The number of nitrogens with one attached hydrogen (secondary N) is 2. The van der Waals surface area contributed by atoms with Gasteiger partial charge in [-0.2, -0.15) is 8.78 Å². The standard InChI is InChI=1S/C33H41F2N4O7P/c1-5-45-47(44,46-6-2)33(34,35)25-14-11-22(12-15-25)20(3)18-29(41)38-26-16-13-23-8-7-9-24-19-27(39(30(23)24)32(26)43)31(42)37-21(4)10-17-28(36)40/h7-9,11-12,14-15,18,21,26-27H,5-6,10,13,16-17,19H2,1-4H3,(H2,36,40)(H,37,42)(H,38,41)/b20-18+/t21-,26+,27+/m1/s1. The number of carbonyl (C=O) groups excluding carboxylic acids is 4. The molecule has 2 aliphatic rings. The van der Waals surface area contributed by atoms with Crippen LogP contribution < -0.4 is 21.3 Å². The van der Waals surface area contributed by atoms with Crippen molar-refractivity contribution in [2.45, 2.75) is 83.6 Å². The number of hydrogen-bond acceptors (Lipinski definition) is 7. The van der Waals surface area contributed by atoms with Crippen LogP contribution in [0.2, 0.25) is 0 Å². The Balaban J connectivity index is 1.49. The van der Waals surface area contributed by atoms with Crippen molar-refractivity contribution >= 4 is 42.5 Å². The lowest BCUT2D eigenvalue weighted by atomic mass is 10.0. The molecule has 0 aromatic heterocycles. The monoisotopic (exact) mass is 674 g/mol. The first kappa shape index (κ1) is 35.9. The van der Waals surface area contributed by atoms with Gasteiger partial charge in [0.25, 0.3) is 0 Å². The molecular weight excluding hydrogens is 633 g/mol. The van der Waals surface area contributed by atoms with Gasteiger partial charge in [-0.25, -0.2) is 0 Å². The molecule has 0 spiro atoms. The van der Waals surface area contributed by atoms with Gasteiger partial charge in [-0.1, -0.05) is 42.5 Å². The Morgan fingerprint density at radius 1 is 1.11 bits per heavy atom. The van der Waals surface area contributed by atoms with Crippen LogP contribution in [0.3, 0.4) is 0 Å². The number of halogens is 2. The number of hydrogen-bond donors (Lipinski definition) is 3. The van der Waals surface area contributed by atoms with Crippen molar-refractivity contribution in [1.29, 1.82) is 0 Å². The van der Waals surface area contributed by atoms with Crippen LogP contribution in [0.25, 0.3) is 5.57 Å². The molecular formula is C33H41F2N4O7P. The van der Waals surface area contributed by atoms with Crippen molar-refractivity contribution in [2.75, 3.05) is 18.1 Å². The number of nitrogens with zero attached hydrogens (tertiary/aromatic N) is 1. The number of alkyl halides is 2. The number of nitrogens with two attached hydrogens (primary N) is 1. The van der Waals surface area contributed by atoms with Crippen LogP contribution in [0.5, 0.6) is 0 Å². The lowest BCUT2D eigenvalue weighted by Crippen LogP contribution is -2.55. The van der Waals surface area contributed by atoms with Crippen molar-refractivity contribution < 1.29 is 41.6 Å². The Labute approximate surface area is 272 Å². The van der Waals surface area contributed by atoms with Crippen LogP contribution in [-0.4, -0.2) is 55.0 Å². The number of benzene rings is 2. The highest BCUT2D eigenvalue weighted by atomic mass is 31.2. The number of rotatable bonds is 14. The summed E-state index contributed by atoms with van der Waals surface area (Å²) < 4.78 is 52.8. The summed E-state index contributed by atoms with van der Waals surface area (Å²) in [7, 11) is -4.78. The van der Waals surface area contributed by atoms with Crippen LogP contribution in [-0.2, 0) is 51.3 Å². The minimum atomic E-state index is -4.78. The van der Waals surface area contributed by atoms with Gasteiger partial charge in [0, 0.05) is 30.5 Å². The lowest BCUT2D eigenvalue weighted by molar-refractivity contribution is -0.128.